The average Bonchev–Trinajstić information content (AvgIpc) is 3.10. The van der Waals surface area contributed by atoms with Crippen LogP contribution in [0.3, 0.4) is 0 Å². The Balaban J connectivity index is 1.88. The Morgan fingerprint density at radius 1 is 1.48 bits per heavy atom. The quantitative estimate of drug-likeness (QED) is 0.412. The van der Waals surface area contributed by atoms with Gasteiger partial charge in [0.05, 0.1) is 17.6 Å². The van der Waals surface area contributed by atoms with Gasteiger partial charge in [-0.2, -0.15) is 0 Å². The Kier molecular flexibility index (Phi) is 4.68. The molecule has 1 aliphatic rings. The van der Waals surface area contributed by atoms with E-state index in [1.807, 2.05) is 0 Å². The van der Waals surface area contributed by atoms with Gasteiger partial charge in [-0.15, -0.1) is 0 Å². The summed E-state index contributed by atoms with van der Waals surface area (Å²) in [6.07, 6.45) is 0.336. The lowest BCUT2D eigenvalue weighted by molar-refractivity contribution is -0.402. The molecular weight excluding hydrogens is 332 g/mol. The summed E-state index contributed by atoms with van der Waals surface area (Å²) in [5.74, 6) is -2.69. The van der Waals surface area contributed by atoms with Gasteiger partial charge in [0, 0.05) is 13.1 Å². The highest BCUT2D eigenvalue weighted by Gasteiger charge is 2.33. The first-order valence-electron chi connectivity index (χ1n) is 6.57. The van der Waals surface area contributed by atoms with E-state index in [1.165, 1.54) is 11.9 Å². The third kappa shape index (κ3) is 4.06. The molecular formula is C12H14N2O8S. The van der Waals surface area contributed by atoms with Crippen molar-refractivity contribution < 1.29 is 32.1 Å². The number of sulfone groups is 1. The molecule has 11 heteroatoms. The van der Waals surface area contributed by atoms with Gasteiger partial charge in [0.1, 0.15) is 4.92 Å². The van der Waals surface area contributed by atoms with E-state index in [2.05, 4.69) is 4.42 Å². The number of nitro groups is 1. The normalized spacial score (nSPS) is 19.3. The molecule has 10 nitrogen and oxygen atoms in total. The number of ether oxygens (including phenoxy) is 1. The fourth-order valence-corrected chi connectivity index (χ4v) is 3.89. The van der Waals surface area contributed by atoms with Crippen LogP contribution in [0.5, 0.6) is 0 Å². The second kappa shape index (κ2) is 6.36. The van der Waals surface area contributed by atoms with Crippen LogP contribution in [0.15, 0.2) is 16.5 Å². The van der Waals surface area contributed by atoms with Crippen LogP contribution in [-0.4, -0.2) is 61.3 Å². The molecule has 0 spiro atoms. The molecule has 1 fully saturated rings. The molecule has 23 heavy (non-hydrogen) atoms. The summed E-state index contributed by atoms with van der Waals surface area (Å²) in [5, 5.41) is 10.4. The lowest BCUT2D eigenvalue weighted by Crippen LogP contribution is -2.40. The number of hydrogen-bond acceptors (Lipinski definition) is 8. The average molecular weight is 346 g/mol. The molecule has 0 aromatic carbocycles. The highest BCUT2D eigenvalue weighted by molar-refractivity contribution is 7.91. The molecule has 1 amide bonds. The van der Waals surface area contributed by atoms with Crippen molar-refractivity contribution in [3.63, 3.8) is 0 Å². The topological polar surface area (TPSA) is 137 Å². The summed E-state index contributed by atoms with van der Waals surface area (Å²) < 4.78 is 32.1. The van der Waals surface area contributed by atoms with Crippen LogP contribution in [0.25, 0.3) is 0 Å². The van der Waals surface area contributed by atoms with Gasteiger partial charge < -0.3 is 14.1 Å². The Morgan fingerprint density at radius 3 is 2.70 bits per heavy atom. The predicted molar refractivity (Wildman–Crippen MR) is 75.5 cm³/mol. The number of likely N-dealkylation sites (N-methyl/N-ethyl adjacent to an activating group) is 1. The number of carbonyl (C=O) groups excluding carboxylic acids is 2. The third-order valence-electron chi connectivity index (χ3n) is 3.45. The lowest BCUT2D eigenvalue weighted by atomic mass is 10.2. The molecule has 0 unspecified atom stereocenters. The van der Waals surface area contributed by atoms with Crippen LogP contribution in [0, 0.1) is 10.1 Å². The monoisotopic (exact) mass is 346 g/mol. The van der Waals surface area contributed by atoms with Gasteiger partial charge in [-0.05, 0) is 12.5 Å². The van der Waals surface area contributed by atoms with Crippen LogP contribution < -0.4 is 0 Å². The highest BCUT2D eigenvalue weighted by Crippen LogP contribution is 2.18. The smallest absolute Gasteiger partial charge is 0.433 e. The molecule has 2 heterocycles. The number of hydrogen-bond donors (Lipinski definition) is 0. The van der Waals surface area contributed by atoms with E-state index in [1.54, 1.807) is 0 Å². The molecule has 1 aromatic rings. The van der Waals surface area contributed by atoms with E-state index in [4.69, 9.17) is 4.74 Å². The summed E-state index contributed by atoms with van der Waals surface area (Å²) in [5.41, 5.74) is 0. The van der Waals surface area contributed by atoms with Gasteiger partial charge in [-0.1, -0.05) is 0 Å². The second-order valence-electron chi connectivity index (χ2n) is 5.03. The Hall–Kier alpha value is -2.43. The fraction of sp³-hybridized carbons (Fsp3) is 0.500. The number of esters is 1. The maximum absolute atomic E-state index is 11.9. The van der Waals surface area contributed by atoms with Gasteiger partial charge in [0.25, 0.3) is 5.91 Å². The molecule has 0 saturated carbocycles. The first-order valence-corrected chi connectivity index (χ1v) is 8.39. The summed E-state index contributed by atoms with van der Waals surface area (Å²) in [6, 6.07) is 1.61. The van der Waals surface area contributed by atoms with Crippen molar-refractivity contribution in [3.8, 4) is 0 Å². The Bertz CT molecular complexity index is 738. The maximum atomic E-state index is 11.9. The van der Waals surface area contributed by atoms with Crippen molar-refractivity contribution >= 4 is 27.6 Å². The number of rotatable bonds is 5. The zero-order chi connectivity index (χ0) is 17.2. The SMILES string of the molecule is CN(C(=O)COC(=O)c1ccc([N+](=O)[O-])o1)[C@H]1CCS(=O)(=O)C1. The molecule has 0 radical (unpaired) electrons. The van der Waals surface area contributed by atoms with E-state index in [-0.39, 0.29) is 11.5 Å². The molecule has 0 N–H and O–H groups in total. The summed E-state index contributed by atoms with van der Waals surface area (Å²) in [6.45, 7) is -0.611. The first kappa shape index (κ1) is 16.9. The van der Waals surface area contributed by atoms with E-state index < -0.39 is 50.9 Å². The zero-order valence-electron chi connectivity index (χ0n) is 12.1. The fourth-order valence-electron chi connectivity index (χ4n) is 2.12. The van der Waals surface area contributed by atoms with Crippen LogP contribution in [0.2, 0.25) is 0 Å². The zero-order valence-corrected chi connectivity index (χ0v) is 12.9. The number of amides is 1. The van der Waals surface area contributed by atoms with Crippen LogP contribution in [-0.2, 0) is 19.4 Å². The maximum Gasteiger partial charge on any atom is 0.433 e. The van der Waals surface area contributed by atoms with Crippen LogP contribution in [0.4, 0.5) is 5.88 Å². The third-order valence-corrected chi connectivity index (χ3v) is 5.20. The molecule has 2 rings (SSSR count). The van der Waals surface area contributed by atoms with E-state index in [9.17, 15) is 28.1 Å². The molecule has 1 aromatic heterocycles. The van der Waals surface area contributed by atoms with Gasteiger partial charge in [-0.3, -0.25) is 14.9 Å². The number of carbonyl (C=O) groups is 2. The van der Waals surface area contributed by atoms with Crippen LogP contribution in [0.1, 0.15) is 17.0 Å². The Labute approximate surface area is 131 Å². The standard InChI is InChI=1S/C12H14N2O8S/c1-13(8-4-5-23(19,20)7-8)10(15)6-21-12(16)9-2-3-11(22-9)14(17)18/h2-3,8H,4-7H2,1H3/t8-/m0/s1. The van der Waals surface area contributed by atoms with Gasteiger partial charge in [0.2, 0.25) is 5.76 Å². The Morgan fingerprint density at radius 2 is 2.17 bits per heavy atom. The lowest BCUT2D eigenvalue weighted by Gasteiger charge is -2.22. The molecule has 1 saturated heterocycles. The number of furan rings is 1. The van der Waals surface area contributed by atoms with Crippen molar-refractivity contribution in [3.05, 3.63) is 28.0 Å². The molecule has 0 bridgehead atoms. The van der Waals surface area contributed by atoms with Crippen molar-refractivity contribution in [2.45, 2.75) is 12.5 Å². The summed E-state index contributed by atoms with van der Waals surface area (Å²) in [7, 11) is -1.70. The summed E-state index contributed by atoms with van der Waals surface area (Å²) in [4.78, 5) is 34.4. The minimum absolute atomic E-state index is 0.0190. The van der Waals surface area contributed by atoms with E-state index >= 15 is 0 Å². The second-order valence-corrected chi connectivity index (χ2v) is 7.26. The van der Waals surface area contributed by atoms with Crippen molar-refractivity contribution in [2.24, 2.45) is 0 Å². The molecule has 1 atom stereocenters. The van der Waals surface area contributed by atoms with Crippen molar-refractivity contribution in [2.75, 3.05) is 25.2 Å². The van der Waals surface area contributed by atoms with E-state index in [0.717, 1.165) is 12.1 Å². The van der Waals surface area contributed by atoms with Crippen molar-refractivity contribution in [1.82, 2.24) is 4.90 Å². The summed E-state index contributed by atoms with van der Waals surface area (Å²) >= 11 is 0. The molecule has 0 aliphatic carbocycles. The van der Waals surface area contributed by atoms with Gasteiger partial charge in [0.15, 0.2) is 16.4 Å². The molecule has 126 valence electrons. The minimum Gasteiger partial charge on any atom is -0.450 e. The van der Waals surface area contributed by atoms with Gasteiger partial charge in [-0.25, -0.2) is 13.2 Å². The largest absolute Gasteiger partial charge is 0.450 e. The highest BCUT2D eigenvalue weighted by atomic mass is 32.2. The van der Waals surface area contributed by atoms with E-state index in [0.29, 0.717) is 6.42 Å². The van der Waals surface area contributed by atoms with Crippen LogP contribution >= 0.6 is 0 Å². The van der Waals surface area contributed by atoms with Gasteiger partial charge >= 0.3 is 11.9 Å². The predicted octanol–water partition coefficient (Wildman–Crippen LogP) is -0.00990. The first-order chi connectivity index (χ1) is 10.7. The van der Waals surface area contributed by atoms with Crippen molar-refractivity contribution in [1.29, 1.82) is 0 Å². The minimum atomic E-state index is -3.13. The number of nitrogens with zero attached hydrogens (tertiary/aromatic N) is 2. The molecule has 1 aliphatic heterocycles.